The van der Waals surface area contributed by atoms with Gasteiger partial charge in [-0.15, -0.1) is 0 Å². The van der Waals surface area contributed by atoms with E-state index in [0.717, 1.165) is 0 Å². The third kappa shape index (κ3) is 2.05. The molecule has 1 unspecified atom stereocenters. The van der Waals surface area contributed by atoms with E-state index in [0.29, 0.717) is 0 Å². The van der Waals surface area contributed by atoms with Gasteiger partial charge in [0.2, 0.25) is 0 Å². The van der Waals surface area contributed by atoms with Crippen LogP contribution >= 0.6 is 0 Å². The molecule has 4 N–H and O–H groups in total. The van der Waals surface area contributed by atoms with Crippen molar-refractivity contribution in [2.75, 3.05) is 20.7 Å². The Kier molecular flexibility index (Phi) is 3.82. The Hall–Kier alpha value is -0.240. The summed E-state index contributed by atoms with van der Waals surface area (Å²) in [7, 11) is 3.32. The number of hydrogen-bond acceptors (Lipinski definition) is 6. The van der Waals surface area contributed by atoms with Gasteiger partial charge in [0.05, 0.1) is 12.6 Å². The fourth-order valence-electron chi connectivity index (χ4n) is 1.64. The van der Waals surface area contributed by atoms with Gasteiger partial charge < -0.3 is 25.2 Å². The lowest BCUT2D eigenvalue weighted by atomic mass is 9.96. The van der Waals surface area contributed by atoms with Crippen LogP contribution in [-0.2, 0) is 4.74 Å². The van der Waals surface area contributed by atoms with Gasteiger partial charge in [-0.05, 0) is 14.1 Å². The summed E-state index contributed by atoms with van der Waals surface area (Å²) in [5, 5.41) is 37.4. The molecule has 6 heteroatoms. The molecule has 1 fully saturated rings. The third-order valence-electron chi connectivity index (χ3n) is 2.46. The molecule has 0 radical (unpaired) electrons. The molecule has 1 heterocycles. The average Bonchev–Trinajstić information content (AvgIpc) is 2.10. The van der Waals surface area contributed by atoms with Crippen LogP contribution in [0.15, 0.2) is 0 Å². The number of likely N-dealkylation sites (N-methyl/N-ethyl adjacent to an activating group) is 1. The minimum Gasteiger partial charge on any atom is -0.394 e. The summed E-state index contributed by atoms with van der Waals surface area (Å²) in [4.78, 5) is 1.56. The van der Waals surface area contributed by atoms with E-state index in [1.165, 1.54) is 0 Å². The van der Waals surface area contributed by atoms with Crippen molar-refractivity contribution in [2.45, 2.75) is 30.6 Å². The summed E-state index contributed by atoms with van der Waals surface area (Å²) < 4.78 is 4.95. The highest BCUT2D eigenvalue weighted by atomic mass is 16.6. The summed E-state index contributed by atoms with van der Waals surface area (Å²) in [5.74, 6) is 0. The third-order valence-corrected chi connectivity index (χ3v) is 2.46. The minimum atomic E-state index is -1.21. The second-order valence-electron chi connectivity index (χ2n) is 3.68. The zero-order valence-electron chi connectivity index (χ0n) is 8.24. The van der Waals surface area contributed by atoms with Crippen LogP contribution in [0.25, 0.3) is 0 Å². The average molecular weight is 207 g/mol. The Morgan fingerprint density at radius 2 is 1.71 bits per heavy atom. The normalized spacial score (nSPS) is 44.4. The molecule has 84 valence electrons. The summed E-state index contributed by atoms with van der Waals surface area (Å²) >= 11 is 0. The second kappa shape index (κ2) is 4.52. The molecule has 0 amide bonds. The highest BCUT2D eigenvalue weighted by molar-refractivity contribution is 4.92. The molecule has 14 heavy (non-hydrogen) atoms. The molecule has 0 aromatic rings. The summed E-state index contributed by atoms with van der Waals surface area (Å²) in [6.07, 6.45) is -4.46. The van der Waals surface area contributed by atoms with Crippen molar-refractivity contribution in [1.29, 1.82) is 0 Å². The van der Waals surface area contributed by atoms with Gasteiger partial charge in [-0.1, -0.05) is 0 Å². The SMILES string of the molecule is CN(C)[C@@H]1C(O)O[C@H](CO)[C@@H](O)[C@@H]1O. The van der Waals surface area contributed by atoms with Crippen molar-refractivity contribution in [1.82, 2.24) is 4.90 Å². The predicted molar refractivity (Wildman–Crippen MR) is 47.5 cm³/mol. The van der Waals surface area contributed by atoms with E-state index in [-0.39, 0.29) is 0 Å². The first-order valence-corrected chi connectivity index (χ1v) is 4.46. The zero-order valence-corrected chi connectivity index (χ0v) is 8.24. The first-order chi connectivity index (χ1) is 6.49. The fraction of sp³-hybridized carbons (Fsp3) is 1.00. The van der Waals surface area contributed by atoms with E-state index >= 15 is 0 Å². The van der Waals surface area contributed by atoms with E-state index in [2.05, 4.69) is 0 Å². The van der Waals surface area contributed by atoms with Crippen molar-refractivity contribution >= 4 is 0 Å². The largest absolute Gasteiger partial charge is 0.394 e. The van der Waals surface area contributed by atoms with Crippen LogP contribution < -0.4 is 0 Å². The van der Waals surface area contributed by atoms with Crippen molar-refractivity contribution in [3.8, 4) is 0 Å². The highest BCUT2D eigenvalue weighted by Gasteiger charge is 2.44. The molecule has 0 saturated carbocycles. The standard InChI is InChI=1S/C8H17NO5/c1-9(2)5-7(12)6(11)4(3-10)14-8(5)13/h4-8,10-13H,3H2,1-2H3/t4-,5+,6-,7-,8?/m1/s1. The predicted octanol–water partition coefficient (Wildman–Crippen LogP) is -2.65. The molecule has 0 aromatic heterocycles. The summed E-state index contributed by atoms with van der Waals surface area (Å²) in [6, 6.07) is -0.687. The maximum Gasteiger partial charge on any atom is 0.173 e. The number of aliphatic hydroxyl groups excluding tert-OH is 4. The quantitative estimate of drug-likeness (QED) is 0.395. The zero-order chi connectivity index (χ0) is 10.9. The first kappa shape index (κ1) is 11.8. The van der Waals surface area contributed by atoms with E-state index in [1.807, 2.05) is 0 Å². The molecule has 0 aromatic carbocycles. The topological polar surface area (TPSA) is 93.4 Å². The lowest BCUT2D eigenvalue weighted by Crippen LogP contribution is -2.62. The number of ether oxygens (including phenoxy) is 1. The van der Waals surface area contributed by atoms with Gasteiger partial charge in [-0.3, -0.25) is 4.90 Å². The maximum atomic E-state index is 9.64. The Bertz CT molecular complexity index is 189. The monoisotopic (exact) mass is 207 g/mol. The van der Waals surface area contributed by atoms with Crippen molar-refractivity contribution in [3.05, 3.63) is 0 Å². The van der Waals surface area contributed by atoms with Crippen LogP contribution in [0, 0.1) is 0 Å². The molecule has 6 nitrogen and oxygen atoms in total. The number of hydrogen-bond donors (Lipinski definition) is 4. The number of nitrogens with zero attached hydrogens (tertiary/aromatic N) is 1. The molecule has 0 bridgehead atoms. The lowest BCUT2D eigenvalue weighted by molar-refractivity contribution is -0.268. The van der Waals surface area contributed by atoms with Crippen LogP contribution in [0.1, 0.15) is 0 Å². The van der Waals surface area contributed by atoms with E-state index in [4.69, 9.17) is 9.84 Å². The Labute approximate surface area is 82.3 Å². The van der Waals surface area contributed by atoms with Crippen molar-refractivity contribution in [3.63, 3.8) is 0 Å². The molecule has 0 aliphatic carbocycles. The van der Waals surface area contributed by atoms with Gasteiger partial charge >= 0.3 is 0 Å². The van der Waals surface area contributed by atoms with E-state index in [1.54, 1.807) is 19.0 Å². The summed E-state index contributed by atoms with van der Waals surface area (Å²) in [6.45, 7) is -0.435. The molecule has 1 rings (SSSR count). The van der Waals surface area contributed by atoms with Crippen LogP contribution in [0.3, 0.4) is 0 Å². The van der Waals surface area contributed by atoms with Gasteiger partial charge in [0.15, 0.2) is 6.29 Å². The van der Waals surface area contributed by atoms with Crippen LogP contribution in [0.4, 0.5) is 0 Å². The van der Waals surface area contributed by atoms with Crippen LogP contribution in [-0.4, -0.2) is 76.7 Å². The van der Waals surface area contributed by atoms with Crippen molar-refractivity contribution in [2.24, 2.45) is 0 Å². The minimum absolute atomic E-state index is 0.435. The Morgan fingerprint density at radius 3 is 2.14 bits per heavy atom. The summed E-state index contributed by atoms with van der Waals surface area (Å²) in [5.41, 5.74) is 0. The van der Waals surface area contributed by atoms with Gasteiger partial charge in [0, 0.05) is 0 Å². The Morgan fingerprint density at radius 1 is 1.14 bits per heavy atom. The molecule has 1 aliphatic rings. The first-order valence-electron chi connectivity index (χ1n) is 4.46. The second-order valence-corrected chi connectivity index (χ2v) is 3.68. The molecular weight excluding hydrogens is 190 g/mol. The van der Waals surface area contributed by atoms with Gasteiger partial charge in [0.25, 0.3) is 0 Å². The fourth-order valence-corrected chi connectivity index (χ4v) is 1.64. The molecule has 5 atom stereocenters. The smallest absolute Gasteiger partial charge is 0.173 e. The lowest BCUT2D eigenvalue weighted by Gasteiger charge is -2.42. The molecule has 1 aliphatic heterocycles. The van der Waals surface area contributed by atoms with Crippen molar-refractivity contribution < 1.29 is 25.2 Å². The van der Waals surface area contributed by atoms with Gasteiger partial charge in [-0.2, -0.15) is 0 Å². The maximum absolute atomic E-state index is 9.64. The Balaban J connectivity index is 2.74. The molecule has 1 saturated heterocycles. The number of rotatable bonds is 2. The molecule has 0 spiro atoms. The highest BCUT2D eigenvalue weighted by Crippen LogP contribution is 2.22. The van der Waals surface area contributed by atoms with Gasteiger partial charge in [-0.25, -0.2) is 0 Å². The molecular formula is C8H17NO5. The van der Waals surface area contributed by atoms with E-state index < -0.39 is 37.3 Å². The van der Waals surface area contributed by atoms with Gasteiger partial charge in [0.1, 0.15) is 18.3 Å². The van der Waals surface area contributed by atoms with Crippen LogP contribution in [0.5, 0.6) is 0 Å². The van der Waals surface area contributed by atoms with E-state index in [9.17, 15) is 15.3 Å². The van der Waals surface area contributed by atoms with Crippen LogP contribution in [0.2, 0.25) is 0 Å². The number of aliphatic hydroxyl groups is 4.